The predicted molar refractivity (Wildman–Crippen MR) is 62.6 cm³/mol. The van der Waals surface area contributed by atoms with E-state index in [9.17, 15) is 0 Å². The Kier molecular flexibility index (Phi) is 2.40. The molecule has 0 amide bonds. The molecule has 1 aliphatic heterocycles. The summed E-state index contributed by atoms with van der Waals surface area (Å²) in [6.07, 6.45) is 8.27. The normalized spacial score (nSPS) is 21.1. The fraction of sp³-hybridized carbons (Fsp3) is 0.571. The zero-order chi connectivity index (χ0) is 10.1. The van der Waals surface area contributed by atoms with E-state index in [0.29, 0.717) is 0 Å². The molecule has 3 rings (SSSR count). The second kappa shape index (κ2) is 3.88. The second-order valence-corrected chi connectivity index (χ2v) is 4.81. The number of fused-ring (bicyclic) bond motifs is 1. The lowest BCUT2D eigenvalue weighted by atomic mass is 9.81. The molecule has 79 valence electrons. The Morgan fingerprint density at radius 2 is 1.93 bits per heavy atom. The number of rotatable bonds is 1. The van der Waals surface area contributed by atoms with Gasteiger partial charge in [0, 0.05) is 6.54 Å². The van der Waals surface area contributed by atoms with Crippen LogP contribution in [0.3, 0.4) is 0 Å². The van der Waals surface area contributed by atoms with E-state index in [4.69, 9.17) is 0 Å². The zero-order valence-electron chi connectivity index (χ0n) is 9.21. The Bertz CT molecular complexity index is 350. The van der Waals surface area contributed by atoms with E-state index in [-0.39, 0.29) is 0 Å². The lowest BCUT2D eigenvalue weighted by Gasteiger charge is -2.23. The Morgan fingerprint density at radius 3 is 2.80 bits per heavy atom. The van der Waals surface area contributed by atoms with Crippen LogP contribution in [0.1, 0.15) is 49.1 Å². The molecule has 0 atom stereocenters. The summed E-state index contributed by atoms with van der Waals surface area (Å²) in [5, 5.41) is 4.55. The first-order valence-corrected chi connectivity index (χ1v) is 6.24. The minimum atomic E-state index is 0.835. The first-order chi connectivity index (χ1) is 7.45. The molecule has 1 heteroatoms. The maximum Gasteiger partial charge on any atom is 0.0609 e. The lowest BCUT2D eigenvalue weighted by molar-refractivity contribution is 0.442. The van der Waals surface area contributed by atoms with Crippen molar-refractivity contribution in [2.24, 2.45) is 0 Å². The third-order valence-electron chi connectivity index (χ3n) is 3.88. The Morgan fingerprint density at radius 1 is 1.07 bits per heavy atom. The molecule has 1 aromatic rings. The molecule has 1 radical (unpaired) electrons. The highest BCUT2D eigenvalue weighted by atomic mass is 14.9. The quantitative estimate of drug-likeness (QED) is 0.658. The molecule has 0 spiro atoms. The second-order valence-electron chi connectivity index (χ2n) is 4.81. The lowest BCUT2D eigenvalue weighted by Crippen LogP contribution is -2.06. The van der Waals surface area contributed by atoms with Crippen molar-refractivity contribution in [2.45, 2.75) is 44.4 Å². The van der Waals surface area contributed by atoms with Gasteiger partial charge in [0.1, 0.15) is 0 Å². The maximum absolute atomic E-state index is 4.55. The molecule has 0 N–H and O–H groups in total. The van der Waals surface area contributed by atoms with Gasteiger partial charge in [0.05, 0.1) is 5.69 Å². The molecule has 15 heavy (non-hydrogen) atoms. The van der Waals surface area contributed by atoms with Crippen LogP contribution in [0.5, 0.6) is 0 Å². The smallest absolute Gasteiger partial charge is 0.0609 e. The van der Waals surface area contributed by atoms with E-state index >= 15 is 0 Å². The van der Waals surface area contributed by atoms with Crippen LogP contribution in [0, 0.1) is 0 Å². The van der Waals surface area contributed by atoms with Gasteiger partial charge in [-0.1, -0.05) is 31.4 Å². The van der Waals surface area contributed by atoms with Crippen LogP contribution in [-0.2, 0) is 6.42 Å². The van der Waals surface area contributed by atoms with Gasteiger partial charge in [0.25, 0.3) is 0 Å². The molecule has 1 aromatic carbocycles. The molecule has 1 fully saturated rings. The van der Waals surface area contributed by atoms with E-state index in [1.165, 1.54) is 44.2 Å². The third kappa shape index (κ3) is 1.64. The summed E-state index contributed by atoms with van der Waals surface area (Å²) in [6, 6.07) is 6.71. The van der Waals surface area contributed by atoms with E-state index in [1.54, 1.807) is 11.1 Å². The number of benzene rings is 1. The third-order valence-corrected chi connectivity index (χ3v) is 3.88. The maximum atomic E-state index is 4.55. The summed E-state index contributed by atoms with van der Waals surface area (Å²) in [5.74, 6) is 0.835. The number of hydrogen-bond donors (Lipinski definition) is 0. The molecule has 0 unspecified atom stereocenters. The molecule has 0 bridgehead atoms. The van der Waals surface area contributed by atoms with Gasteiger partial charge >= 0.3 is 0 Å². The van der Waals surface area contributed by atoms with Gasteiger partial charge in [-0.2, -0.15) is 0 Å². The van der Waals surface area contributed by atoms with E-state index in [2.05, 4.69) is 23.5 Å². The summed E-state index contributed by atoms with van der Waals surface area (Å²) in [6.45, 7) is 1.01. The molecule has 1 saturated carbocycles. The number of nitrogens with zero attached hydrogens (tertiary/aromatic N) is 1. The highest BCUT2D eigenvalue weighted by molar-refractivity contribution is 5.53. The van der Waals surface area contributed by atoms with Gasteiger partial charge in [0.15, 0.2) is 0 Å². The zero-order valence-corrected chi connectivity index (χ0v) is 9.21. The van der Waals surface area contributed by atoms with Gasteiger partial charge in [-0.3, -0.25) is 5.32 Å². The van der Waals surface area contributed by atoms with Crippen molar-refractivity contribution in [3.8, 4) is 0 Å². The molecule has 1 aliphatic carbocycles. The standard InChI is InChI=1S/C14H18N/c1-2-5-11(6-3-1)12-7-4-8-14-13(12)9-10-15-14/h4,7-8,11H,1-3,5-6,9-10H2. The van der Waals surface area contributed by atoms with Crippen molar-refractivity contribution >= 4 is 5.69 Å². The van der Waals surface area contributed by atoms with Crippen LogP contribution in [-0.4, -0.2) is 6.54 Å². The topological polar surface area (TPSA) is 14.1 Å². The van der Waals surface area contributed by atoms with Gasteiger partial charge in [-0.25, -0.2) is 0 Å². The van der Waals surface area contributed by atoms with Crippen LogP contribution in [0.2, 0.25) is 0 Å². The molecular weight excluding hydrogens is 182 g/mol. The van der Waals surface area contributed by atoms with Crippen molar-refractivity contribution in [1.82, 2.24) is 5.32 Å². The average molecular weight is 200 g/mol. The largest absolute Gasteiger partial charge is 0.285 e. The highest BCUT2D eigenvalue weighted by Crippen LogP contribution is 2.38. The van der Waals surface area contributed by atoms with Gasteiger partial charge < -0.3 is 0 Å². The van der Waals surface area contributed by atoms with E-state index in [1.807, 2.05) is 0 Å². The Balaban J connectivity index is 1.93. The molecule has 1 nitrogen and oxygen atoms in total. The minimum Gasteiger partial charge on any atom is -0.285 e. The minimum absolute atomic E-state index is 0.835. The summed E-state index contributed by atoms with van der Waals surface area (Å²) >= 11 is 0. The molecule has 0 saturated heterocycles. The van der Waals surface area contributed by atoms with Gasteiger partial charge in [-0.05, 0) is 42.4 Å². The molecule has 1 heterocycles. The van der Waals surface area contributed by atoms with Crippen molar-refractivity contribution in [3.63, 3.8) is 0 Å². The first-order valence-electron chi connectivity index (χ1n) is 6.24. The Labute approximate surface area is 91.9 Å². The molecule has 0 aromatic heterocycles. The highest BCUT2D eigenvalue weighted by Gasteiger charge is 2.22. The first kappa shape index (κ1) is 9.26. The molecular formula is C14H18N. The van der Waals surface area contributed by atoms with Crippen molar-refractivity contribution in [2.75, 3.05) is 6.54 Å². The van der Waals surface area contributed by atoms with Gasteiger partial charge in [-0.15, -0.1) is 0 Å². The SMILES string of the molecule is c1cc2c(c(C3CCCCC3)c1)CC[N]2. The number of hydrogen-bond acceptors (Lipinski definition) is 0. The predicted octanol–water partition coefficient (Wildman–Crippen LogP) is 3.53. The van der Waals surface area contributed by atoms with E-state index in [0.717, 1.165) is 12.5 Å². The Hall–Kier alpha value is -0.980. The summed E-state index contributed by atoms with van der Waals surface area (Å²) < 4.78 is 0. The van der Waals surface area contributed by atoms with Crippen molar-refractivity contribution in [1.29, 1.82) is 0 Å². The van der Waals surface area contributed by atoms with Crippen LogP contribution < -0.4 is 5.32 Å². The van der Waals surface area contributed by atoms with Crippen LogP contribution >= 0.6 is 0 Å². The van der Waals surface area contributed by atoms with Crippen LogP contribution in [0.25, 0.3) is 0 Å². The van der Waals surface area contributed by atoms with Gasteiger partial charge in [0.2, 0.25) is 0 Å². The summed E-state index contributed by atoms with van der Waals surface area (Å²) in [5.41, 5.74) is 4.45. The monoisotopic (exact) mass is 200 g/mol. The van der Waals surface area contributed by atoms with Crippen molar-refractivity contribution in [3.05, 3.63) is 29.3 Å². The fourth-order valence-electron chi connectivity index (χ4n) is 3.10. The summed E-state index contributed by atoms with van der Waals surface area (Å²) in [4.78, 5) is 0. The summed E-state index contributed by atoms with van der Waals surface area (Å²) in [7, 11) is 0. The van der Waals surface area contributed by atoms with E-state index < -0.39 is 0 Å². The average Bonchev–Trinajstić information content (AvgIpc) is 2.78. The van der Waals surface area contributed by atoms with Crippen LogP contribution in [0.4, 0.5) is 5.69 Å². The molecule has 2 aliphatic rings. The fourth-order valence-corrected chi connectivity index (χ4v) is 3.10. The van der Waals surface area contributed by atoms with Crippen LogP contribution in [0.15, 0.2) is 18.2 Å². The van der Waals surface area contributed by atoms with Crippen molar-refractivity contribution < 1.29 is 0 Å².